The Morgan fingerprint density at radius 1 is 1.14 bits per heavy atom. The molecule has 0 saturated heterocycles. The number of aromatic amines is 1. The molecular formula is C22H25ClFN5. The van der Waals surface area contributed by atoms with E-state index in [2.05, 4.69) is 20.3 Å². The van der Waals surface area contributed by atoms with Crippen molar-refractivity contribution in [2.75, 3.05) is 13.1 Å². The molecule has 4 N–H and O–H groups in total. The number of rotatable bonds is 9. The first kappa shape index (κ1) is 20.9. The molecule has 5 nitrogen and oxygen atoms in total. The molecule has 2 aromatic carbocycles. The highest BCUT2D eigenvalue weighted by atomic mass is 35.5. The number of nitrogens with zero attached hydrogens (tertiary/aromatic N) is 2. The molecule has 0 aliphatic rings. The quantitative estimate of drug-likeness (QED) is 0.278. The molecule has 0 saturated carbocycles. The third-order valence-electron chi connectivity index (χ3n) is 4.73. The van der Waals surface area contributed by atoms with E-state index in [0.29, 0.717) is 24.1 Å². The molecule has 0 bridgehead atoms. The van der Waals surface area contributed by atoms with Gasteiger partial charge in [0.15, 0.2) is 5.96 Å². The van der Waals surface area contributed by atoms with Crippen LogP contribution in [0.4, 0.5) is 4.39 Å². The van der Waals surface area contributed by atoms with Crippen molar-refractivity contribution in [2.24, 2.45) is 10.7 Å². The van der Waals surface area contributed by atoms with Crippen LogP contribution in [0.15, 0.2) is 66.0 Å². The van der Waals surface area contributed by atoms with Crippen molar-refractivity contribution in [3.8, 4) is 0 Å². The van der Waals surface area contributed by atoms with Gasteiger partial charge in [-0.15, -0.1) is 0 Å². The second-order valence-electron chi connectivity index (χ2n) is 6.82. The van der Waals surface area contributed by atoms with Crippen LogP contribution in [0.5, 0.6) is 0 Å². The summed E-state index contributed by atoms with van der Waals surface area (Å²) >= 11 is 6.02. The SMILES string of the molecule is NC(=NCCCc1cnc[nH]1)NCCC(c1ccc(F)cc1)c1ccc(Cl)cc1. The number of hydrogen-bond donors (Lipinski definition) is 3. The van der Waals surface area contributed by atoms with Crippen LogP contribution in [0.2, 0.25) is 5.02 Å². The fourth-order valence-electron chi connectivity index (χ4n) is 3.21. The second kappa shape index (κ2) is 10.6. The zero-order valence-electron chi connectivity index (χ0n) is 16.1. The Morgan fingerprint density at radius 3 is 2.48 bits per heavy atom. The normalized spacial score (nSPS) is 12.7. The highest BCUT2D eigenvalue weighted by Crippen LogP contribution is 2.28. The van der Waals surface area contributed by atoms with E-state index in [1.807, 2.05) is 42.6 Å². The van der Waals surface area contributed by atoms with Gasteiger partial charge in [0.2, 0.25) is 0 Å². The molecule has 0 fully saturated rings. The van der Waals surface area contributed by atoms with E-state index < -0.39 is 0 Å². The van der Waals surface area contributed by atoms with Crippen molar-refractivity contribution >= 4 is 17.6 Å². The van der Waals surface area contributed by atoms with Crippen LogP contribution in [0.1, 0.15) is 35.6 Å². The van der Waals surface area contributed by atoms with Gasteiger partial charge in [-0.25, -0.2) is 9.37 Å². The van der Waals surface area contributed by atoms with Gasteiger partial charge < -0.3 is 16.0 Å². The van der Waals surface area contributed by atoms with E-state index in [0.717, 1.165) is 36.1 Å². The number of benzene rings is 2. The van der Waals surface area contributed by atoms with E-state index in [9.17, 15) is 4.39 Å². The molecule has 1 unspecified atom stereocenters. The van der Waals surface area contributed by atoms with Crippen LogP contribution in [-0.4, -0.2) is 29.0 Å². The van der Waals surface area contributed by atoms with E-state index in [1.165, 1.54) is 12.1 Å². The number of imidazole rings is 1. The van der Waals surface area contributed by atoms with Gasteiger partial charge in [-0.1, -0.05) is 35.9 Å². The van der Waals surface area contributed by atoms with Gasteiger partial charge in [-0.05, 0) is 54.7 Å². The first-order valence-corrected chi connectivity index (χ1v) is 10.0. The van der Waals surface area contributed by atoms with E-state index in [-0.39, 0.29) is 11.7 Å². The summed E-state index contributed by atoms with van der Waals surface area (Å²) in [5, 5.41) is 3.87. The third kappa shape index (κ3) is 6.61. The average molecular weight is 414 g/mol. The van der Waals surface area contributed by atoms with Crippen molar-refractivity contribution in [1.29, 1.82) is 0 Å². The Balaban J connectivity index is 1.54. The molecule has 0 radical (unpaired) electrons. The standard InChI is InChI=1S/C22H25ClFN5/c23-18-7-3-16(4-8-18)21(17-5-9-19(24)10-6-17)11-13-28-22(25)27-12-1-2-20-14-26-15-29-20/h3-10,14-15,21H,1-2,11-13H2,(H,26,29)(H3,25,27,28). The molecule has 1 aromatic heterocycles. The Labute approximate surface area is 175 Å². The molecule has 0 aliphatic heterocycles. The number of H-pyrrole nitrogens is 1. The molecule has 7 heteroatoms. The van der Waals surface area contributed by atoms with Crippen LogP contribution in [0.25, 0.3) is 0 Å². The molecule has 3 aromatic rings. The third-order valence-corrected chi connectivity index (χ3v) is 4.98. The number of nitrogens with two attached hydrogens (primary N) is 1. The monoisotopic (exact) mass is 413 g/mol. The highest BCUT2D eigenvalue weighted by molar-refractivity contribution is 6.30. The zero-order chi connectivity index (χ0) is 20.5. The fourth-order valence-corrected chi connectivity index (χ4v) is 3.33. The molecule has 0 spiro atoms. The molecule has 1 heterocycles. The van der Waals surface area contributed by atoms with Crippen LogP contribution < -0.4 is 11.1 Å². The molecule has 1 atom stereocenters. The predicted molar refractivity (Wildman–Crippen MR) is 116 cm³/mol. The summed E-state index contributed by atoms with van der Waals surface area (Å²) < 4.78 is 13.3. The van der Waals surface area contributed by atoms with Crippen molar-refractivity contribution in [2.45, 2.75) is 25.2 Å². The van der Waals surface area contributed by atoms with Gasteiger partial charge in [0.05, 0.1) is 6.33 Å². The van der Waals surface area contributed by atoms with Crippen molar-refractivity contribution in [3.05, 3.63) is 88.7 Å². The first-order chi connectivity index (χ1) is 14.1. The first-order valence-electron chi connectivity index (χ1n) is 9.64. The number of hydrogen-bond acceptors (Lipinski definition) is 2. The predicted octanol–water partition coefficient (Wildman–Crippen LogP) is 4.26. The van der Waals surface area contributed by atoms with Crippen molar-refractivity contribution in [1.82, 2.24) is 15.3 Å². The molecule has 0 aliphatic carbocycles. The Kier molecular flexibility index (Phi) is 7.64. The smallest absolute Gasteiger partial charge is 0.188 e. The molecule has 152 valence electrons. The number of guanidine groups is 1. The van der Waals surface area contributed by atoms with Gasteiger partial charge >= 0.3 is 0 Å². The maximum atomic E-state index is 13.3. The van der Waals surface area contributed by atoms with Crippen molar-refractivity contribution in [3.63, 3.8) is 0 Å². The summed E-state index contributed by atoms with van der Waals surface area (Å²) in [6, 6.07) is 14.4. The minimum atomic E-state index is -0.242. The maximum Gasteiger partial charge on any atom is 0.188 e. The summed E-state index contributed by atoms with van der Waals surface area (Å²) in [5.74, 6) is 0.297. The Hall–Kier alpha value is -2.86. The summed E-state index contributed by atoms with van der Waals surface area (Å²) in [5.41, 5.74) is 9.25. The number of halogens is 2. The van der Waals surface area contributed by atoms with E-state index >= 15 is 0 Å². The van der Waals surface area contributed by atoms with Gasteiger partial charge in [-0.3, -0.25) is 4.99 Å². The lowest BCUT2D eigenvalue weighted by molar-refractivity contribution is 0.624. The van der Waals surface area contributed by atoms with Crippen LogP contribution >= 0.6 is 11.6 Å². The molecule has 0 amide bonds. The summed E-state index contributed by atoms with van der Waals surface area (Å²) in [7, 11) is 0. The van der Waals surface area contributed by atoms with E-state index in [4.69, 9.17) is 17.3 Å². The van der Waals surface area contributed by atoms with Crippen LogP contribution in [-0.2, 0) is 6.42 Å². The fraction of sp³-hybridized carbons (Fsp3) is 0.273. The summed E-state index contributed by atoms with van der Waals surface area (Å²) in [6.45, 7) is 1.30. The van der Waals surface area contributed by atoms with Crippen molar-refractivity contribution < 1.29 is 4.39 Å². The lowest BCUT2D eigenvalue weighted by atomic mass is 9.88. The Bertz CT molecular complexity index is 846. The molecular weight excluding hydrogens is 389 g/mol. The molecule has 29 heavy (non-hydrogen) atoms. The number of nitrogens with one attached hydrogen (secondary N) is 2. The minimum Gasteiger partial charge on any atom is -0.370 e. The Morgan fingerprint density at radius 2 is 1.83 bits per heavy atom. The second-order valence-corrected chi connectivity index (χ2v) is 7.25. The van der Waals surface area contributed by atoms with Gasteiger partial charge in [-0.2, -0.15) is 0 Å². The minimum absolute atomic E-state index is 0.105. The van der Waals surface area contributed by atoms with E-state index in [1.54, 1.807) is 6.33 Å². The van der Waals surface area contributed by atoms with Crippen LogP contribution in [0.3, 0.4) is 0 Å². The number of aliphatic imine (C=N–C) groups is 1. The van der Waals surface area contributed by atoms with Crippen LogP contribution in [0, 0.1) is 5.82 Å². The topological polar surface area (TPSA) is 79.1 Å². The lowest BCUT2D eigenvalue weighted by Gasteiger charge is -2.19. The highest BCUT2D eigenvalue weighted by Gasteiger charge is 2.14. The number of aromatic nitrogens is 2. The maximum absolute atomic E-state index is 13.3. The largest absolute Gasteiger partial charge is 0.370 e. The summed E-state index contributed by atoms with van der Waals surface area (Å²) in [4.78, 5) is 11.4. The zero-order valence-corrected chi connectivity index (χ0v) is 16.9. The average Bonchev–Trinajstić information content (AvgIpc) is 3.24. The lowest BCUT2D eigenvalue weighted by Crippen LogP contribution is -2.33. The van der Waals surface area contributed by atoms with Gasteiger partial charge in [0.1, 0.15) is 5.82 Å². The van der Waals surface area contributed by atoms with Gasteiger partial charge in [0.25, 0.3) is 0 Å². The van der Waals surface area contributed by atoms with Gasteiger partial charge in [0, 0.05) is 35.9 Å². The summed E-state index contributed by atoms with van der Waals surface area (Å²) in [6.07, 6.45) is 6.07. The number of aryl methyl sites for hydroxylation is 1. The molecule has 3 rings (SSSR count).